The molecule has 0 saturated carbocycles. The predicted molar refractivity (Wildman–Crippen MR) is 81.7 cm³/mol. The molecule has 0 aliphatic carbocycles. The lowest BCUT2D eigenvalue weighted by molar-refractivity contribution is 0.696. The van der Waals surface area contributed by atoms with Crippen molar-refractivity contribution in [2.24, 2.45) is 5.92 Å². The molecule has 1 aliphatic heterocycles. The molecule has 2 heterocycles. The molecule has 1 aromatic heterocycles. The van der Waals surface area contributed by atoms with Gasteiger partial charge in [-0.1, -0.05) is 6.92 Å². The van der Waals surface area contributed by atoms with Crippen molar-refractivity contribution in [3.05, 3.63) is 0 Å². The minimum Gasteiger partial charge on any atom is -0.368 e. The highest BCUT2D eigenvalue weighted by Crippen LogP contribution is 2.17. The molecule has 7 heteroatoms. The lowest BCUT2D eigenvalue weighted by Crippen LogP contribution is -2.23. The van der Waals surface area contributed by atoms with Gasteiger partial charge in [0, 0.05) is 19.6 Å². The second kappa shape index (κ2) is 6.79. The van der Waals surface area contributed by atoms with Gasteiger partial charge in [-0.15, -0.1) is 0 Å². The number of hydrogen-bond donors (Lipinski definition) is 2. The van der Waals surface area contributed by atoms with Gasteiger partial charge >= 0.3 is 0 Å². The average molecular weight is 282 g/mol. The molecule has 3 N–H and O–H groups in total. The maximum atomic E-state index is 5.76. The lowest BCUT2D eigenvalue weighted by atomic mass is 10.2. The summed E-state index contributed by atoms with van der Waals surface area (Å²) in [5, 5.41) is 3.25. The number of nitrogens with two attached hydrogens (primary N) is 1. The van der Waals surface area contributed by atoms with Crippen molar-refractivity contribution < 1.29 is 0 Å². The molecule has 1 unspecified atom stereocenters. The van der Waals surface area contributed by atoms with E-state index in [0.29, 0.717) is 17.8 Å². The number of nitrogens with one attached hydrogen (secondary N) is 1. The number of nitrogen functional groups attached to an aromatic ring is 1. The maximum absolute atomic E-state index is 5.76. The third-order valence-corrected chi connectivity index (χ3v) is 3.99. The molecule has 106 valence electrons. The summed E-state index contributed by atoms with van der Waals surface area (Å²) in [4.78, 5) is 15.0. The molecule has 0 aromatic carbocycles. The van der Waals surface area contributed by atoms with Crippen LogP contribution in [-0.2, 0) is 0 Å². The van der Waals surface area contributed by atoms with Gasteiger partial charge in [0.2, 0.25) is 17.8 Å². The quantitative estimate of drug-likeness (QED) is 0.817. The van der Waals surface area contributed by atoms with Crippen LogP contribution in [0.3, 0.4) is 0 Å². The molecule has 0 radical (unpaired) electrons. The number of anilines is 3. The van der Waals surface area contributed by atoms with Crippen LogP contribution in [0, 0.1) is 5.92 Å². The first kappa shape index (κ1) is 14.2. The van der Waals surface area contributed by atoms with Crippen molar-refractivity contribution in [1.82, 2.24) is 15.0 Å². The molecular weight excluding hydrogens is 260 g/mol. The highest BCUT2D eigenvalue weighted by atomic mass is 32.2. The van der Waals surface area contributed by atoms with Gasteiger partial charge in [0.25, 0.3) is 0 Å². The van der Waals surface area contributed by atoms with Crippen molar-refractivity contribution >= 4 is 29.6 Å². The zero-order chi connectivity index (χ0) is 13.7. The summed E-state index contributed by atoms with van der Waals surface area (Å²) >= 11 is 1.85. The van der Waals surface area contributed by atoms with E-state index in [9.17, 15) is 0 Å². The van der Waals surface area contributed by atoms with Gasteiger partial charge in [-0.3, -0.25) is 0 Å². The van der Waals surface area contributed by atoms with Crippen LogP contribution in [0.15, 0.2) is 0 Å². The van der Waals surface area contributed by atoms with E-state index < -0.39 is 0 Å². The number of rotatable bonds is 6. The van der Waals surface area contributed by atoms with Gasteiger partial charge in [0.15, 0.2) is 0 Å². The summed E-state index contributed by atoms with van der Waals surface area (Å²) in [6.07, 6.45) is 4.50. The molecule has 1 atom stereocenters. The van der Waals surface area contributed by atoms with Crippen LogP contribution in [0.5, 0.6) is 0 Å². The summed E-state index contributed by atoms with van der Waals surface area (Å²) in [5.41, 5.74) is 5.76. The van der Waals surface area contributed by atoms with E-state index >= 15 is 0 Å². The third kappa shape index (κ3) is 4.12. The van der Waals surface area contributed by atoms with E-state index in [4.69, 9.17) is 5.73 Å². The standard InChI is InChI=1S/C12H22N6S/c1-9(8-19-2)7-14-11-15-10(13)16-12(17-11)18-5-3-4-6-18/h9H,3-8H2,1-2H3,(H3,13,14,15,16,17). The highest BCUT2D eigenvalue weighted by Gasteiger charge is 2.16. The second-order valence-corrected chi connectivity index (χ2v) is 5.86. The zero-order valence-electron chi connectivity index (χ0n) is 11.6. The molecule has 0 spiro atoms. The van der Waals surface area contributed by atoms with Crippen LogP contribution in [-0.4, -0.2) is 46.6 Å². The van der Waals surface area contributed by atoms with Gasteiger partial charge < -0.3 is 16.0 Å². The van der Waals surface area contributed by atoms with E-state index in [1.54, 1.807) is 0 Å². The van der Waals surface area contributed by atoms with Gasteiger partial charge in [0.1, 0.15) is 0 Å². The Hall–Kier alpha value is -1.24. The molecule has 6 nitrogen and oxygen atoms in total. The molecule has 1 aliphatic rings. The van der Waals surface area contributed by atoms with Crippen LogP contribution in [0.2, 0.25) is 0 Å². The fourth-order valence-corrected chi connectivity index (χ4v) is 2.81. The molecule has 2 rings (SSSR count). The molecule has 1 saturated heterocycles. The summed E-state index contributed by atoms with van der Waals surface area (Å²) in [6.45, 7) is 5.07. The van der Waals surface area contributed by atoms with Crippen molar-refractivity contribution in [1.29, 1.82) is 0 Å². The monoisotopic (exact) mass is 282 g/mol. The zero-order valence-corrected chi connectivity index (χ0v) is 12.4. The van der Waals surface area contributed by atoms with Crippen LogP contribution in [0.25, 0.3) is 0 Å². The Kier molecular flexibility index (Phi) is 5.07. The van der Waals surface area contributed by atoms with Gasteiger partial charge in [0.05, 0.1) is 0 Å². The van der Waals surface area contributed by atoms with Crippen molar-refractivity contribution in [2.45, 2.75) is 19.8 Å². The fourth-order valence-electron chi connectivity index (χ4n) is 2.13. The molecule has 0 bridgehead atoms. The Morgan fingerprint density at radius 3 is 2.74 bits per heavy atom. The van der Waals surface area contributed by atoms with E-state index in [0.717, 1.165) is 25.4 Å². The van der Waals surface area contributed by atoms with Crippen molar-refractivity contribution in [3.8, 4) is 0 Å². The molecule has 19 heavy (non-hydrogen) atoms. The van der Waals surface area contributed by atoms with E-state index in [1.165, 1.54) is 12.8 Å². The SMILES string of the molecule is CSCC(C)CNc1nc(N)nc(N2CCCC2)n1. The second-order valence-electron chi connectivity index (χ2n) is 4.95. The maximum Gasteiger partial charge on any atom is 0.231 e. The lowest BCUT2D eigenvalue weighted by Gasteiger charge is -2.17. The Morgan fingerprint density at radius 1 is 1.32 bits per heavy atom. The summed E-state index contributed by atoms with van der Waals surface area (Å²) in [7, 11) is 0. The van der Waals surface area contributed by atoms with E-state index in [2.05, 4.69) is 38.3 Å². The number of hydrogen-bond acceptors (Lipinski definition) is 7. The largest absolute Gasteiger partial charge is 0.368 e. The fraction of sp³-hybridized carbons (Fsp3) is 0.750. The summed E-state index contributed by atoms with van der Waals surface area (Å²) in [5.74, 6) is 3.26. The normalized spacial score (nSPS) is 16.6. The van der Waals surface area contributed by atoms with Crippen molar-refractivity contribution in [3.63, 3.8) is 0 Å². The Balaban J connectivity index is 2.00. The Morgan fingerprint density at radius 2 is 2.05 bits per heavy atom. The molecular formula is C12H22N6S. The van der Waals surface area contributed by atoms with E-state index in [-0.39, 0.29) is 5.95 Å². The Bertz CT molecular complexity index is 407. The third-order valence-electron chi connectivity index (χ3n) is 3.09. The van der Waals surface area contributed by atoms with Crippen LogP contribution in [0.4, 0.5) is 17.8 Å². The summed E-state index contributed by atoms with van der Waals surface area (Å²) < 4.78 is 0. The van der Waals surface area contributed by atoms with Gasteiger partial charge in [-0.05, 0) is 30.8 Å². The predicted octanol–water partition coefficient (Wildman–Crippen LogP) is 1.47. The van der Waals surface area contributed by atoms with Crippen molar-refractivity contribution in [2.75, 3.05) is 47.6 Å². The van der Waals surface area contributed by atoms with Gasteiger partial charge in [-0.2, -0.15) is 26.7 Å². The number of aromatic nitrogens is 3. The number of thioether (sulfide) groups is 1. The molecule has 1 aromatic rings. The highest BCUT2D eigenvalue weighted by molar-refractivity contribution is 7.98. The number of nitrogens with zero attached hydrogens (tertiary/aromatic N) is 4. The summed E-state index contributed by atoms with van der Waals surface area (Å²) in [6, 6.07) is 0. The van der Waals surface area contributed by atoms with Crippen LogP contribution < -0.4 is 16.0 Å². The van der Waals surface area contributed by atoms with Gasteiger partial charge in [-0.25, -0.2) is 0 Å². The minimum atomic E-state index is 0.289. The smallest absolute Gasteiger partial charge is 0.231 e. The minimum absolute atomic E-state index is 0.289. The first-order chi connectivity index (χ1) is 9.19. The average Bonchev–Trinajstić information content (AvgIpc) is 2.90. The van der Waals surface area contributed by atoms with Crippen LogP contribution >= 0.6 is 11.8 Å². The van der Waals surface area contributed by atoms with E-state index in [1.807, 2.05) is 11.8 Å². The molecule has 0 amide bonds. The molecule has 1 fully saturated rings. The Labute approximate surface area is 118 Å². The van der Waals surface area contributed by atoms with Crippen LogP contribution in [0.1, 0.15) is 19.8 Å². The first-order valence-corrected chi connectivity index (χ1v) is 8.07. The topological polar surface area (TPSA) is 80.0 Å². The first-order valence-electron chi connectivity index (χ1n) is 6.68.